The molecule has 6 nitrogen and oxygen atoms in total. The van der Waals surface area contributed by atoms with E-state index in [9.17, 15) is 9.18 Å². The summed E-state index contributed by atoms with van der Waals surface area (Å²) in [5, 5.41) is 3.23. The number of hydrogen-bond donors (Lipinski definition) is 1. The number of methoxy groups -OCH3 is 2. The van der Waals surface area contributed by atoms with Crippen LogP contribution in [0.3, 0.4) is 0 Å². The molecule has 0 radical (unpaired) electrons. The number of ether oxygens (including phenoxy) is 2. The third kappa shape index (κ3) is 5.92. The second-order valence-corrected chi connectivity index (χ2v) is 11.1. The minimum Gasteiger partial charge on any atom is -0.497 e. The molecule has 5 rings (SSSR count). The number of rotatable bonds is 9. The molecule has 1 amide bonds. The van der Waals surface area contributed by atoms with Gasteiger partial charge in [0.25, 0.3) is 0 Å². The van der Waals surface area contributed by atoms with E-state index >= 15 is 4.39 Å². The Kier molecular flexibility index (Phi) is 9.15. The zero-order valence-corrected chi connectivity index (χ0v) is 23.4. The highest BCUT2D eigenvalue weighted by Gasteiger charge is 2.33. The minimum absolute atomic E-state index is 0.0476. The van der Waals surface area contributed by atoms with E-state index in [2.05, 4.69) is 10.3 Å². The Hall–Kier alpha value is -3.26. The molecule has 0 saturated heterocycles. The summed E-state index contributed by atoms with van der Waals surface area (Å²) in [6.45, 7) is 0. The molecule has 0 bridgehead atoms. The Bertz CT molecular complexity index is 1280. The molecule has 0 aliphatic heterocycles. The van der Waals surface area contributed by atoms with Crippen LogP contribution in [0.5, 0.6) is 5.75 Å². The molecule has 2 aliphatic carbocycles. The number of halogens is 2. The first-order chi connectivity index (χ1) is 19.5. The van der Waals surface area contributed by atoms with Crippen LogP contribution in [0.15, 0.2) is 48.8 Å². The summed E-state index contributed by atoms with van der Waals surface area (Å²) in [6, 6.07) is 9.27. The third-order valence-electron chi connectivity index (χ3n) is 8.57. The summed E-state index contributed by atoms with van der Waals surface area (Å²) < 4.78 is 43.6. The molecule has 2 atom stereocenters. The first kappa shape index (κ1) is 28.3. The molecule has 1 heterocycles. The fourth-order valence-electron chi connectivity index (χ4n) is 6.51. The Morgan fingerprint density at radius 2 is 1.62 bits per heavy atom. The van der Waals surface area contributed by atoms with Crippen LogP contribution < -0.4 is 10.1 Å². The highest BCUT2D eigenvalue weighted by molar-refractivity contribution is 5.85. The van der Waals surface area contributed by atoms with Gasteiger partial charge in [-0.1, -0.05) is 56.7 Å². The molecule has 0 spiro atoms. The van der Waals surface area contributed by atoms with Gasteiger partial charge in [-0.2, -0.15) is 0 Å². The Labute approximate surface area is 235 Å². The Morgan fingerprint density at radius 3 is 2.27 bits per heavy atom. The number of benzene rings is 2. The molecule has 2 fully saturated rings. The van der Waals surface area contributed by atoms with E-state index in [4.69, 9.17) is 9.47 Å². The summed E-state index contributed by atoms with van der Waals surface area (Å²) >= 11 is 0. The zero-order chi connectivity index (χ0) is 28.1. The van der Waals surface area contributed by atoms with E-state index in [1.807, 2.05) is 12.1 Å². The van der Waals surface area contributed by atoms with Crippen molar-refractivity contribution in [2.24, 2.45) is 5.92 Å². The van der Waals surface area contributed by atoms with Crippen molar-refractivity contribution in [3.8, 4) is 17.1 Å². The summed E-state index contributed by atoms with van der Waals surface area (Å²) in [5.74, 6) is -1.09. The molecular formula is C32H39F2N3O3. The molecule has 2 aliphatic rings. The van der Waals surface area contributed by atoms with Gasteiger partial charge in [0.1, 0.15) is 17.6 Å². The Morgan fingerprint density at radius 1 is 0.950 bits per heavy atom. The van der Waals surface area contributed by atoms with E-state index in [-0.39, 0.29) is 29.3 Å². The molecule has 214 valence electrons. The van der Waals surface area contributed by atoms with E-state index in [1.165, 1.54) is 19.0 Å². The summed E-state index contributed by atoms with van der Waals surface area (Å²) in [5.41, 5.74) is 1.30. The summed E-state index contributed by atoms with van der Waals surface area (Å²) in [6.07, 6.45) is 13.2. The van der Waals surface area contributed by atoms with Gasteiger partial charge < -0.3 is 19.4 Å². The molecule has 2 saturated carbocycles. The van der Waals surface area contributed by atoms with Crippen LogP contribution in [-0.2, 0) is 9.53 Å². The quantitative estimate of drug-likeness (QED) is 0.307. The molecule has 3 aromatic rings. The summed E-state index contributed by atoms with van der Waals surface area (Å²) in [4.78, 5) is 18.5. The van der Waals surface area contributed by atoms with E-state index in [0.29, 0.717) is 16.9 Å². The monoisotopic (exact) mass is 551 g/mol. The van der Waals surface area contributed by atoms with Crippen molar-refractivity contribution in [1.29, 1.82) is 0 Å². The van der Waals surface area contributed by atoms with Crippen molar-refractivity contribution >= 4 is 5.91 Å². The smallest absolute Gasteiger partial charge is 0.247 e. The normalized spacial score (nSPS) is 18.3. The molecule has 2 aromatic carbocycles. The van der Waals surface area contributed by atoms with Crippen LogP contribution in [0.1, 0.15) is 87.5 Å². The lowest BCUT2D eigenvalue weighted by Crippen LogP contribution is -2.41. The molecule has 2 unspecified atom stereocenters. The second-order valence-electron chi connectivity index (χ2n) is 11.1. The lowest BCUT2D eigenvalue weighted by atomic mass is 9.81. The van der Waals surface area contributed by atoms with Crippen LogP contribution in [0.2, 0.25) is 0 Å². The summed E-state index contributed by atoms with van der Waals surface area (Å²) in [7, 11) is 3.21. The predicted octanol–water partition coefficient (Wildman–Crippen LogP) is 7.14. The largest absolute Gasteiger partial charge is 0.497 e. The number of carbonyl (C=O) groups excluding carboxylic acids is 1. The van der Waals surface area contributed by atoms with Crippen molar-refractivity contribution < 1.29 is 23.0 Å². The molecule has 8 heteroatoms. The van der Waals surface area contributed by atoms with Crippen LogP contribution in [0.25, 0.3) is 11.4 Å². The van der Waals surface area contributed by atoms with Crippen molar-refractivity contribution in [3.05, 3.63) is 71.6 Å². The SMILES string of the molecule is COc1ccc(C(C(=O)NC2CCCCC2)n2ccnc2-c2c(C(OC)C3CCCCC3)ccc(F)c2F)cc1. The molecule has 40 heavy (non-hydrogen) atoms. The van der Waals surface area contributed by atoms with Gasteiger partial charge in [-0.15, -0.1) is 0 Å². The van der Waals surface area contributed by atoms with E-state index < -0.39 is 23.8 Å². The molecule has 1 N–H and O–H groups in total. The predicted molar refractivity (Wildman–Crippen MR) is 150 cm³/mol. The van der Waals surface area contributed by atoms with E-state index in [0.717, 1.165) is 57.4 Å². The highest BCUT2D eigenvalue weighted by atomic mass is 19.2. The zero-order valence-electron chi connectivity index (χ0n) is 23.4. The van der Waals surface area contributed by atoms with Gasteiger partial charge in [-0.3, -0.25) is 4.79 Å². The average Bonchev–Trinajstić information content (AvgIpc) is 3.45. The van der Waals surface area contributed by atoms with Gasteiger partial charge in [0.15, 0.2) is 11.6 Å². The third-order valence-corrected chi connectivity index (χ3v) is 8.57. The van der Waals surface area contributed by atoms with Crippen LogP contribution in [-0.4, -0.2) is 35.7 Å². The number of nitrogens with zero attached hydrogens (tertiary/aromatic N) is 2. The molecule has 1 aromatic heterocycles. The lowest BCUT2D eigenvalue weighted by molar-refractivity contribution is -0.124. The van der Waals surface area contributed by atoms with Crippen molar-refractivity contribution in [2.75, 3.05) is 14.2 Å². The number of hydrogen-bond acceptors (Lipinski definition) is 4. The van der Waals surface area contributed by atoms with Gasteiger partial charge in [0.05, 0.1) is 18.8 Å². The van der Waals surface area contributed by atoms with Crippen LogP contribution in [0, 0.1) is 17.6 Å². The number of amides is 1. The fourth-order valence-corrected chi connectivity index (χ4v) is 6.51. The average molecular weight is 552 g/mol. The fraction of sp³-hybridized carbons (Fsp3) is 0.500. The second kappa shape index (κ2) is 12.9. The lowest BCUT2D eigenvalue weighted by Gasteiger charge is -2.31. The van der Waals surface area contributed by atoms with Crippen molar-refractivity contribution in [3.63, 3.8) is 0 Å². The number of aromatic nitrogens is 2. The number of carbonyl (C=O) groups is 1. The first-order valence-corrected chi connectivity index (χ1v) is 14.5. The maximum absolute atomic E-state index is 15.8. The maximum atomic E-state index is 15.8. The van der Waals surface area contributed by atoms with Gasteiger partial charge in [0.2, 0.25) is 5.91 Å². The topological polar surface area (TPSA) is 65.4 Å². The minimum atomic E-state index is -0.982. The van der Waals surface area contributed by atoms with Crippen molar-refractivity contribution in [2.45, 2.75) is 82.4 Å². The maximum Gasteiger partial charge on any atom is 0.247 e. The van der Waals surface area contributed by atoms with Gasteiger partial charge in [-0.25, -0.2) is 13.8 Å². The number of imidazole rings is 1. The molecular weight excluding hydrogens is 512 g/mol. The van der Waals surface area contributed by atoms with Crippen molar-refractivity contribution in [1.82, 2.24) is 14.9 Å². The Balaban J connectivity index is 1.60. The van der Waals surface area contributed by atoms with Crippen LogP contribution >= 0.6 is 0 Å². The first-order valence-electron chi connectivity index (χ1n) is 14.5. The van der Waals surface area contributed by atoms with Crippen LogP contribution in [0.4, 0.5) is 8.78 Å². The van der Waals surface area contributed by atoms with Gasteiger partial charge in [0, 0.05) is 25.5 Å². The van der Waals surface area contributed by atoms with E-state index in [1.54, 1.807) is 43.2 Å². The number of nitrogens with one attached hydrogen (secondary N) is 1. The highest BCUT2D eigenvalue weighted by Crippen LogP contribution is 2.42. The standard InChI is InChI=1S/C32H39F2N3O3/c1-39-24-15-13-21(14-16-24)29(32(38)36-23-11-7-4-8-12-23)37-20-19-35-31(37)27-25(17-18-26(33)28(27)34)30(40-2)22-9-5-3-6-10-22/h13-20,22-23,29-30H,3-12H2,1-2H3,(H,36,38). The van der Waals surface area contributed by atoms with Gasteiger partial charge in [-0.05, 0) is 60.9 Å². The van der Waals surface area contributed by atoms with Gasteiger partial charge >= 0.3 is 0 Å².